The van der Waals surface area contributed by atoms with E-state index in [1.165, 1.54) is 11.1 Å². The Labute approximate surface area is 83.5 Å². The normalized spacial score (nSPS) is 19.5. The highest BCUT2D eigenvalue weighted by Crippen LogP contribution is 2.34. The molecule has 1 atom stereocenters. The maximum Gasteiger partial charge on any atom is 0.124 e. The molecule has 3 nitrogen and oxygen atoms in total. The van der Waals surface area contributed by atoms with E-state index in [0.29, 0.717) is 0 Å². The molecule has 2 rings (SSSR count). The first kappa shape index (κ1) is 9.49. The van der Waals surface area contributed by atoms with Crippen molar-refractivity contribution in [2.75, 3.05) is 7.11 Å². The number of rotatable bonds is 2. The van der Waals surface area contributed by atoms with Crippen LogP contribution in [-0.2, 0) is 13.0 Å². The van der Waals surface area contributed by atoms with E-state index < -0.39 is 0 Å². The third-order valence-electron chi connectivity index (χ3n) is 2.84. The zero-order chi connectivity index (χ0) is 10.1. The van der Waals surface area contributed by atoms with E-state index in [1.54, 1.807) is 7.11 Å². The molecule has 14 heavy (non-hydrogen) atoms. The molecule has 3 N–H and O–H groups in total. The Hall–Kier alpha value is -1.06. The second-order valence-corrected chi connectivity index (χ2v) is 3.67. The largest absolute Gasteiger partial charge is 0.496 e. The Morgan fingerprint density at radius 2 is 2.36 bits per heavy atom. The Morgan fingerprint density at radius 1 is 1.57 bits per heavy atom. The highest BCUT2D eigenvalue weighted by Gasteiger charge is 2.21. The molecule has 0 radical (unpaired) electrons. The lowest BCUT2D eigenvalue weighted by atomic mass is 10.0. The predicted octanol–water partition coefficient (Wildman–Crippen LogP) is 1.13. The van der Waals surface area contributed by atoms with Gasteiger partial charge in [0.25, 0.3) is 0 Å². The molecule has 76 valence electrons. The maximum atomic E-state index is 9.14. The number of ether oxygens (including phenoxy) is 1. The van der Waals surface area contributed by atoms with Gasteiger partial charge in [0, 0.05) is 11.6 Å². The Kier molecular flexibility index (Phi) is 2.44. The van der Waals surface area contributed by atoms with Gasteiger partial charge < -0.3 is 15.6 Å². The van der Waals surface area contributed by atoms with E-state index in [1.807, 2.05) is 12.1 Å². The van der Waals surface area contributed by atoms with E-state index in [0.717, 1.165) is 24.2 Å². The smallest absolute Gasteiger partial charge is 0.124 e. The minimum absolute atomic E-state index is 0.0195. The van der Waals surface area contributed by atoms with Crippen LogP contribution in [-0.4, -0.2) is 12.2 Å². The maximum absolute atomic E-state index is 9.14. The Balaban J connectivity index is 2.49. The number of benzene rings is 1. The van der Waals surface area contributed by atoms with Gasteiger partial charge in [-0.2, -0.15) is 0 Å². The fraction of sp³-hybridized carbons (Fsp3) is 0.455. The molecule has 0 bridgehead atoms. The van der Waals surface area contributed by atoms with Gasteiger partial charge in [-0.3, -0.25) is 0 Å². The molecule has 1 aliphatic carbocycles. The van der Waals surface area contributed by atoms with Crippen molar-refractivity contribution in [1.82, 2.24) is 0 Å². The number of aliphatic hydroxyl groups is 1. The minimum Gasteiger partial charge on any atom is -0.496 e. The van der Waals surface area contributed by atoms with Gasteiger partial charge in [-0.05, 0) is 36.1 Å². The van der Waals surface area contributed by atoms with Crippen molar-refractivity contribution >= 4 is 0 Å². The van der Waals surface area contributed by atoms with Gasteiger partial charge in [-0.1, -0.05) is 0 Å². The molecule has 0 amide bonds. The molecule has 3 heteroatoms. The molecule has 1 unspecified atom stereocenters. The van der Waals surface area contributed by atoms with Crippen molar-refractivity contribution < 1.29 is 9.84 Å². The number of hydrogen-bond acceptors (Lipinski definition) is 3. The van der Waals surface area contributed by atoms with Gasteiger partial charge in [0.1, 0.15) is 5.75 Å². The summed E-state index contributed by atoms with van der Waals surface area (Å²) in [6.45, 7) is 0.0195. The summed E-state index contributed by atoms with van der Waals surface area (Å²) in [4.78, 5) is 0. The Bertz CT molecular complexity index is 349. The van der Waals surface area contributed by atoms with Crippen LogP contribution in [0, 0.1) is 0 Å². The first-order valence-electron chi connectivity index (χ1n) is 4.82. The lowest BCUT2D eigenvalue weighted by molar-refractivity contribution is 0.273. The monoisotopic (exact) mass is 193 g/mol. The van der Waals surface area contributed by atoms with Gasteiger partial charge >= 0.3 is 0 Å². The van der Waals surface area contributed by atoms with Crippen molar-refractivity contribution in [3.63, 3.8) is 0 Å². The number of fused-ring (bicyclic) bond motifs is 1. The van der Waals surface area contributed by atoms with Gasteiger partial charge in [-0.15, -0.1) is 0 Å². The summed E-state index contributed by atoms with van der Waals surface area (Å²) in [6, 6.07) is 4.09. The van der Waals surface area contributed by atoms with Crippen LogP contribution < -0.4 is 10.5 Å². The number of aryl methyl sites for hydroxylation is 1. The number of hydrogen-bond donors (Lipinski definition) is 2. The van der Waals surface area contributed by atoms with Crippen LogP contribution >= 0.6 is 0 Å². The highest BCUT2D eigenvalue weighted by molar-refractivity contribution is 5.46. The molecule has 0 saturated carbocycles. The van der Waals surface area contributed by atoms with Crippen molar-refractivity contribution in [2.24, 2.45) is 5.73 Å². The number of aliphatic hydroxyl groups excluding tert-OH is 1. The first-order valence-corrected chi connectivity index (χ1v) is 4.82. The van der Waals surface area contributed by atoms with Gasteiger partial charge in [0.15, 0.2) is 0 Å². The Morgan fingerprint density at radius 3 is 3.00 bits per heavy atom. The van der Waals surface area contributed by atoms with E-state index in [4.69, 9.17) is 15.6 Å². The fourth-order valence-corrected chi connectivity index (χ4v) is 2.03. The third kappa shape index (κ3) is 1.38. The quantitative estimate of drug-likeness (QED) is 0.740. The van der Waals surface area contributed by atoms with Gasteiger partial charge in [0.2, 0.25) is 0 Å². The summed E-state index contributed by atoms with van der Waals surface area (Å²) in [5.41, 5.74) is 9.21. The number of methoxy groups -OCH3 is 1. The van der Waals surface area contributed by atoms with Crippen molar-refractivity contribution in [1.29, 1.82) is 0 Å². The first-order chi connectivity index (χ1) is 6.76. The molecule has 1 aromatic rings. The summed E-state index contributed by atoms with van der Waals surface area (Å²) < 4.78 is 5.19. The molecule has 0 saturated heterocycles. The summed E-state index contributed by atoms with van der Waals surface area (Å²) in [5, 5.41) is 9.14. The standard InChI is InChI=1S/C11H15NO2/c1-14-11-5-9-7(2-3-10(9)12)4-8(11)6-13/h4-5,10,13H,2-3,6,12H2,1H3. The van der Waals surface area contributed by atoms with Crippen LogP contribution in [0.4, 0.5) is 0 Å². The number of nitrogens with two attached hydrogens (primary N) is 1. The molecular formula is C11H15NO2. The summed E-state index contributed by atoms with van der Waals surface area (Å²) in [7, 11) is 1.61. The average molecular weight is 193 g/mol. The fourth-order valence-electron chi connectivity index (χ4n) is 2.03. The summed E-state index contributed by atoms with van der Waals surface area (Å²) >= 11 is 0. The van der Waals surface area contributed by atoms with Crippen LogP contribution in [0.15, 0.2) is 12.1 Å². The highest BCUT2D eigenvalue weighted by atomic mass is 16.5. The second kappa shape index (κ2) is 3.59. The third-order valence-corrected chi connectivity index (χ3v) is 2.84. The van der Waals surface area contributed by atoms with Crippen LogP contribution in [0.2, 0.25) is 0 Å². The molecular weight excluding hydrogens is 178 g/mol. The van der Waals surface area contributed by atoms with Crippen molar-refractivity contribution in [2.45, 2.75) is 25.5 Å². The van der Waals surface area contributed by atoms with Gasteiger partial charge in [0.05, 0.1) is 13.7 Å². The SMILES string of the molecule is COc1cc2c(cc1CO)CCC2N. The van der Waals surface area contributed by atoms with Crippen molar-refractivity contribution in [3.05, 3.63) is 28.8 Å². The summed E-state index contributed by atoms with van der Waals surface area (Å²) in [6.07, 6.45) is 2.00. The molecule has 0 heterocycles. The lowest BCUT2D eigenvalue weighted by Crippen LogP contribution is -2.06. The van der Waals surface area contributed by atoms with E-state index >= 15 is 0 Å². The molecule has 0 fully saturated rings. The van der Waals surface area contributed by atoms with Crippen molar-refractivity contribution in [3.8, 4) is 5.75 Å². The average Bonchev–Trinajstić information content (AvgIpc) is 2.58. The topological polar surface area (TPSA) is 55.5 Å². The van der Waals surface area contributed by atoms with E-state index in [2.05, 4.69) is 0 Å². The molecule has 1 aliphatic rings. The van der Waals surface area contributed by atoms with E-state index in [-0.39, 0.29) is 12.6 Å². The van der Waals surface area contributed by atoms with Crippen LogP contribution in [0.5, 0.6) is 5.75 Å². The van der Waals surface area contributed by atoms with Gasteiger partial charge in [-0.25, -0.2) is 0 Å². The molecule has 0 aromatic heterocycles. The minimum atomic E-state index is 0.0195. The molecule has 1 aromatic carbocycles. The van der Waals surface area contributed by atoms with E-state index in [9.17, 15) is 0 Å². The second-order valence-electron chi connectivity index (χ2n) is 3.67. The van der Waals surface area contributed by atoms with Crippen LogP contribution in [0.1, 0.15) is 29.2 Å². The zero-order valence-corrected chi connectivity index (χ0v) is 8.29. The predicted molar refractivity (Wildman–Crippen MR) is 54.2 cm³/mol. The molecule has 0 aliphatic heterocycles. The van der Waals surface area contributed by atoms with Crippen LogP contribution in [0.25, 0.3) is 0 Å². The molecule has 0 spiro atoms. The van der Waals surface area contributed by atoms with Crippen LogP contribution in [0.3, 0.4) is 0 Å². The summed E-state index contributed by atoms with van der Waals surface area (Å²) in [5.74, 6) is 0.739. The zero-order valence-electron chi connectivity index (χ0n) is 8.29. The lowest BCUT2D eigenvalue weighted by Gasteiger charge is -2.11.